The maximum Gasteiger partial charge on any atom is 0.235 e. The van der Waals surface area contributed by atoms with E-state index in [2.05, 4.69) is 101 Å². The van der Waals surface area contributed by atoms with Crippen molar-refractivity contribution in [3.05, 3.63) is 116 Å². The van der Waals surface area contributed by atoms with Gasteiger partial charge in [-0.25, -0.2) is 19.9 Å². The molecule has 0 bridgehead atoms. The Labute approximate surface area is 252 Å². The molecular weight excluding hydrogens is 567 g/mol. The summed E-state index contributed by atoms with van der Waals surface area (Å²) in [6.45, 7) is 0. The summed E-state index contributed by atoms with van der Waals surface area (Å²) in [5.41, 5.74) is 5.13. The van der Waals surface area contributed by atoms with Gasteiger partial charge in [-0.05, 0) is 18.2 Å². The quantitative estimate of drug-likeness (QED) is 0.203. The smallest absolute Gasteiger partial charge is 0.235 e. The summed E-state index contributed by atoms with van der Waals surface area (Å²) in [5.74, 6) is 0.667. The molecule has 0 unspecified atom stereocenters. The van der Waals surface area contributed by atoms with Crippen LogP contribution in [0, 0.1) is 0 Å². The first kappa shape index (κ1) is 23.3. The lowest BCUT2D eigenvalue weighted by Crippen LogP contribution is -2.03. The zero-order valence-electron chi connectivity index (χ0n) is 22.5. The Morgan fingerprint density at radius 3 is 2.21 bits per heavy atom. The maximum atomic E-state index is 5.34. The number of rotatable bonds is 2. The van der Waals surface area contributed by atoms with E-state index in [4.69, 9.17) is 15.0 Å². The van der Waals surface area contributed by atoms with E-state index in [-0.39, 0.29) is 0 Å². The van der Waals surface area contributed by atoms with Gasteiger partial charge in [0, 0.05) is 63.6 Å². The summed E-state index contributed by atoms with van der Waals surface area (Å²) in [5, 5.41) is 8.22. The van der Waals surface area contributed by atoms with Crippen LogP contribution in [0.4, 0.5) is 0 Å². The summed E-state index contributed by atoms with van der Waals surface area (Å²) in [4.78, 5) is 20.7. The molecule has 5 aromatic carbocycles. The third-order valence-electron chi connectivity index (χ3n) is 8.37. The van der Waals surface area contributed by atoms with Crippen molar-refractivity contribution >= 4 is 95.9 Å². The van der Waals surface area contributed by atoms with Crippen molar-refractivity contribution in [2.45, 2.75) is 0 Å². The first-order valence-electron chi connectivity index (χ1n) is 14.1. The molecule has 5 aromatic heterocycles. The summed E-state index contributed by atoms with van der Waals surface area (Å²) in [6.07, 6.45) is 3.61. The highest BCUT2D eigenvalue weighted by atomic mass is 32.1. The minimum atomic E-state index is 0.667. The highest BCUT2D eigenvalue weighted by Crippen LogP contribution is 2.51. The van der Waals surface area contributed by atoms with E-state index in [1.807, 2.05) is 29.7 Å². The van der Waals surface area contributed by atoms with Gasteiger partial charge in [0.1, 0.15) is 11.2 Å². The van der Waals surface area contributed by atoms with Crippen LogP contribution < -0.4 is 0 Å². The number of benzene rings is 5. The second-order valence-electron chi connectivity index (χ2n) is 10.7. The van der Waals surface area contributed by atoms with Gasteiger partial charge in [0.2, 0.25) is 5.95 Å². The summed E-state index contributed by atoms with van der Waals surface area (Å²) >= 11 is 3.58. The molecule has 0 saturated carbocycles. The number of hydrogen-bond donors (Lipinski definition) is 0. The Hall–Kier alpha value is -5.24. The van der Waals surface area contributed by atoms with Crippen LogP contribution >= 0.6 is 22.7 Å². The molecule has 0 N–H and O–H groups in total. The third kappa shape index (κ3) is 3.15. The van der Waals surface area contributed by atoms with E-state index >= 15 is 0 Å². The maximum absolute atomic E-state index is 5.34. The fraction of sp³-hybridized carbons (Fsp3) is 0. The predicted octanol–water partition coefficient (Wildman–Crippen LogP) is 9.92. The van der Waals surface area contributed by atoms with Gasteiger partial charge in [-0.1, -0.05) is 84.9 Å². The summed E-state index contributed by atoms with van der Waals surface area (Å²) < 4.78 is 6.02. The van der Waals surface area contributed by atoms with E-state index in [9.17, 15) is 0 Å². The standard InChI is InChI=1S/C36H19N5S2/c1-2-10-20(11-3-1)31-21-12-4-7-15-25(21)39-36(40-31)41-26-16-8-5-13-22(26)28-32(41)29-23-14-6-9-17-27(23)42-33(29)30-24-18-37-19-38-35(24)43-34(28)30/h1-19H. The van der Waals surface area contributed by atoms with Gasteiger partial charge in [0.05, 0.1) is 22.2 Å². The molecule has 0 aliphatic rings. The number of nitrogens with zero attached hydrogens (tertiary/aromatic N) is 5. The molecule has 5 heterocycles. The van der Waals surface area contributed by atoms with Crippen molar-refractivity contribution in [2.75, 3.05) is 0 Å². The number of para-hydroxylation sites is 2. The number of fused-ring (bicyclic) bond motifs is 13. The van der Waals surface area contributed by atoms with E-state index in [1.54, 1.807) is 17.7 Å². The summed E-state index contributed by atoms with van der Waals surface area (Å²) in [6, 6.07) is 36.1. The molecule has 7 heteroatoms. The van der Waals surface area contributed by atoms with E-state index in [0.29, 0.717) is 5.95 Å². The molecule has 0 atom stereocenters. The Morgan fingerprint density at radius 1 is 0.581 bits per heavy atom. The van der Waals surface area contributed by atoms with Crippen molar-refractivity contribution in [1.82, 2.24) is 24.5 Å². The highest BCUT2D eigenvalue weighted by Gasteiger charge is 2.26. The first-order chi connectivity index (χ1) is 21.3. The molecule has 0 radical (unpaired) electrons. The fourth-order valence-corrected chi connectivity index (χ4v) is 9.11. The molecule has 0 saturated heterocycles. The first-order valence-corrected chi connectivity index (χ1v) is 15.7. The molecule has 0 amide bonds. The molecule has 0 aliphatic heterocycles. The van der Waals surface area contributed by atoms with Gasteiger partial charge in [-0.15, -0.1) is 22.7 Å². The van der Waals surface area contributed by atoms with E-state index in [0.717, 1.165) is 43.4 Å². The van der Waals surface area contributed by atoms with Crippen molar-refractivity contribution in [2.24, 2.45) is 0 Å². The van der Waals surface area contributed by atoms with Crippen LogP contribution in [0.2, 0.25) is 0 Å². The lowest BCUT2D eigenvalue weighted by atomic mass is 10.0. The van der Waals surface area contributed by atoms with Gasteiger partial charge in [-0.3, -0.25) is 4.57 Å². The normalized spacial score (nSPS) is 12.2. The van der Waals surface area contributed by atoms with E-state index in [1.165, 1.54) is 41.0 Å². The molecule has 200 valence electrons. The van der Waals surface area contributed by atoms with Crippen molar-refractivity contribution in [1.29, 1.82) is 0 Å². The molecule has 10 rings (SSSR count). The van der Waals surface area contributed by atoms with Crippen LogP contribution in [0.3, 0.4) is 0 Å². The van der Waals surface area contributed by atoms with Crippen molar-refractivity contribution in [3.8, 4) is 17.2 Å². The SMILES string of the molecule is c1ccc(-c2nc(-n3c4ccccc4c4c5sc6ncncc6c5c5sc6ccccc6c5c43)nc3ccccc23)cc1. The molecule has 10 aromatic rings. The lowest BCUT2D eigenvalue weighted by molar-refractivity contribution is 1.02. The van der Waals surface area contributed by atoms with Gasteiger partial charge in [0.15, 0.2) is 0 Å². The van der Waals surface area contributed by atoms with Gasteiger partial charge in [0.25, 0.3) is 0 Å². The van der Waals surface area contributed by atoms with Crippen molar-refractivity contribution in [3.63, 3.8) is 0 Å². The second kappa shape index (κ2) is 8.64. The minimum absolute atomic E-state index is 0.667. The van der Waals surface area contributed by atoms with Crippen LogP contribution in [-0.4, -0.2) is 24.5 Å². The third-order valence-corrected chi connectivity index (χ3v) is 10.7. The second-order valence-corrected chi connectivity index (χ2v) is 12.7. The van der Waals surface area contributed by atoms with Crippen molar-refractivity contribution < 1.29 is 0 Å². The number of thiophene rings is 2. The number of hydrogen-bond acceptors (Lipinski definition) is 6. The zero-order chi connectivity index (χ0) is 28.1. The van der Waals surface area contributed by atoms with Crippen LogP contribution in [0.5, 0.6) is 0 Å². The Balaban J connectivity index is 1.49. The molecule has 43 heavy (non-hydrogen) atoms. The van der Waals surface area contributed by atoms with Crippen LogP contribution in [0.1, 0.15) is 0 Å². The zero-order valence-corrected chi connectivity index (χ0v) is 24.2. The topological polar surface area (TPSA) is 56.5 Å². The summed E-state index contributed by atoms with van der Waals surface area (Å²) in [7, 11) is 0. The fourth-order valence-electron chi connectivity index (χ4n) is 6.59. The molecular formula is C36H19N5S2. The molecule has 0 fully saturated rings. The Morgan fingerprint density at radius 2 is 1.30 bits per heavy atom. The van der Waals surface area contributed by atoms with E-state index < -0.39 is 0 Å². The molecule has 5 nitrogen and oxygen atoms in total. The molecule has 0 spiro atoms. The highest BCUT2D eigenvalue weighted by molar-refractivity contribution is 7.30. The number of aromatic nitrogens is 5. The average molecular weight is 586 g/mol. The van der Waals surface area contributed by atoms with Gasteiger partial charge >= 0.3 is 0 Å². The van der Waals surface area contributed by atoms with Crippen LogP contribution in [-0.2, 0) is 0 Å². The van der Waals surface area contributed by atoms with Crippen LogP contribution in [0.25, 0.3) is 90.4 Å². The minimum Gasteiger partial charge on any atom is -0.277 e. The van der Waals surface area contributed by atoms with Gasteiger partial charge in [-0.2, -0.15) is 0 Å². The monoisotopic (exact) mass is 585 g/mol. The Bertz CT molecular complexity index is 2710. The lowest BCUT2D eigenvalue weighted by Gasteiger charge is -2.12. The van der Waals surface area contributed by atoms with Gasteiger partial charge < -0.3 is 0 Å². The largest absolute Gasteiger partial charge is 0.277 e. The van der Waals surface area contributed by atoms with Crippen LogP contribution in [0.15, 0.2) is 116 Å². The Kier molecular flexibility index (Phi) is 4.69. The predicted molar refractivity (Wildman–Crippen MR) is 181 cm³/mol. The molecule has 0 aliphatic carbocycles. The average Bonchev–Trinajstić information content (AvgIpc) is 3.74.